The number of carbonyl (C=O) groups is 3. The molecule has 2 N–H and O–H groups in total. The predicted molar refractivity (Wildman–Crippen MR) is 98.9 cm³/mol. The lowest BCUT2D eigenvalue weighted by atomic mass is 9.76. The highest BCUT2D eigenvalue weighted by atomic mass is 16.5. The smallest absolute Gasteiger partial charge is 0.250 e. The van der Waals surface area contributed by atoms with Gasteiger partial charge in [0.05, 0.1) is 11.8 Å². The summed E-state index contributed by atoms with van der Waals surface area (Å²) < 4.78 is 5.04. The Labute approximate surface area is 158 Å². The molecule has 0 radical (unpaired) electrons. The van der Waals surface area contributed by atoms with Gasteiger partial charge in [-0.15, -0.1) is 0 Å². The minimum atomic E-state index is -1.17. The number of nitrogens with one attached hydrogen (secondary N) is 2. The number of nitrogens with zero attached hydrogens (tertiary/aromatic N) is 1. The zero-order chi connectivity index (χ0) is 19.3. The second-order valence-electron chi connectivity index (χ2n) is 7.57. The van der Waals surface area contributed by atoms with Gasteiger partial charge in [-0.25, -0.2) is 0 Å². The molecule has 1 spiro atoms. The van der Waals surface area contributed by atoms with Crippen LogP contribution in [0.3, 0.4) is 0 Å². The highest BCUT2D eigenvalue weighted by molar-refractivity contribution is 6.15. The van der Waals surface area contributed by atoms with E-state index in [9.17, 15) is 14.4 Å². The molecule has 4 unspecified atom stereocenters. The van der Waals surface area contributed by atoms with Crippen molar-refractivity contribution in [1.82, 2.24) is 10.2 Å². The molecule has 1 aromatic carbocycles. The fraction of sp³-hybridized carbons (Fsp3) is 0.550. The number of likely N-dealkylation sites (tertiary alicyclic amines) is 1. The summed E-state index contributed by atoms with van der Waals surface area (Å²) in [6, 6.07) is 5.52. The van der Waals surface area contributed by atoms with Crippen molar-refractivity contribution in [3.63, 3.8) is 0 Å². The van der Waals surface area contributed by atoms with Crippen molar-refractivity contribution in [2.45, 2.75) is 38.3 Å². The first-order chi connectivity index (χ1) is 13.0. The average molecular weight is 371 g/mol. The maximum absolute atomic E-state index is 13.3. The van der Waals surface area contributed by atoms with Gasteiger partial charge in [-0.1, -0.05) is 25.1 Å². The van der Waals surface area contributed by atoms with Gasteiger partial charge in [-0.2, -0.15) is 0 Å². The Morgan fingerprint density at radius 1 is 1.22 bits per heavy atom. The third-order valence-electron chi connectivity index (χ3n) is 6.19. The SMILES string of the molecule is CCc1cccc2c1NC(=O)C21NC(C)C2C(=O)N(CCCOC)C(=O)C21. The Morgan fingerprint density at radius 2 is 2.00 bits per heavy atom. The standard InChI is InChI=1S/C20H25N3O4/c1-4-12-7-5-8-13-16(12)21-19(26)20(13)15-14(11(2)22-20)17(24)23(18(15)25)9-6-10-27-3/h5,7-8,11,14-15,22H,4,6,9-10H2,1-3H3,(H,21,26). The molecule has 0 saturated carbocycles. The van der Waals surface area contributed by atoms with Crippen LogP contribution in [0.1, 0.15) is 31.4 Å². The molecule has 3 aliphatic rings. The van der Waals surface area contributed by atoms with E-state index in [4.69, 9.17) is 4.74 Å². The molecule has 2 fully saturated rings. The fourth-order valence-electron chi connectivity index (χ4n) is 4.99. The fourth-order valence-corrected chi connectivity index (χ4v) is 4.99. The van der Waals surface area contributed by atoms with Crippen molar-refractivity contribution in [2.75, 3.05) is 25.6 Å². The monoisotopic (exact) mass is 371 g/mol. The van der Waals surface area contributed by atoms with E-state index in [1.54, 1.807) is 7.11 Å². The van der Waals surface area contributed by atoms with E-state index in [1.165, 1.54) is 4.90 Å². The average Bonchev–Trinajstić information content (AvgIpc) is 3.21. The van der Waals surface area contributed by atoms with Gasteiger partial charge in [0.15, 0.2) is 0 Å². The Kier molecular flexibility index (Phi) is 4.31. The lowest BCUT2D eigenvalue weighted by molar-refractivity contribution is -0.143. The van der Waals surface area contributed by atoms with Gasteiger partial charge < -0.3 is 10.1 Å². The molecule has 2 saturated heterocycles. The first-order valence-corrected chi connectivity index (χ1v) is 9.53. The van der Waals surface area contributed by atoms with Crippen LogP contribution >= 0.6 is 0 Å². The number of rotatable bonds is 5. The van der Waals surface area contributed by atoms with Crippen LogP contribution in [0, 0.1) is 11.8 Å². The molecule has 4 atom stereocenters. The number of anilines is 1. The molecule has 3 amide bonds. The number of ether oxygens (including phenoxy) is 1. The first kappa shape index (κ1) is 18.1. The molecule has 0 bridgehead atoms. The molecule has 7 heteroatoms. The van der Waals surface area contributed by atoms with Crippen LogP contribution in [-0.4, -0.2) is 48.9 Å². The van der Waals surface area contributed by atoms with E-state index in [2.05, 4.69) is 10.6 Å². The predicted octanol–water partition coefficient (Wildman–Crippen LogP) is 1.03. The number of fused-ring (bicyclic) bond motifs is 4. The molecule has 27 heavy (non-hydrogen) atoms. The summed E-state index contributed by atoms with van der Waals surface area (Å²) in [6.45, 7) is 4.71. The van der Waals surface area contributed by atoms with E-state index in [-0.39, 0.29) is 23.8 Å². The summed E-state index contributed by atoms with van der Waals surface area (Å²) in [4.78, 5) is 40.7. The van der Waals surface area contributed by atoms with Crippen LogP contribution in [-0.2, 0) is 31.1 Å². The van der Waals surface area contributed by atoms with E-state index < -0.39 is 17.4 Å². The number of hydrogen-bond acceptors (Lipinski definition) is 5. The first-order valence-electron chi connectivity index (χ1n) is 9.53. The summed E-state index contributed by atoms with van der Waals surface area (Å²) in [6.07, 6.45) is 1.37. The highest BCUT2D eigenvalue weighted by Crippen LogP contribution is 2.53. The van der Waals surface area contributed by atoms with Gasteiger partial charge in [-0.3, -0.25) is 24.6 Å². The molecule has 0 aliphatic carbocycles. The molecule has 144 valence electrons. The van der Waals surface area contributed by atoms with E-state index in [0.29, 0.717) is 19.6 Å². The molecular weight excluding hydrogens is 346 g/mol. The quantitative estimate of drug-likeness (QED) is 0.596. The number of aryl methyl sites for hydroxylation is 1. The third-order valence-corrected chi connectivity index (χ3v) is 6.19. The minimum Gasteiger partial charge on any atom is -0.385 e. The van der Waals surface area contributed by atoms with Gasteiger partial charge in [0.2, 0.25) is 17.7 Å². The topological polar surface area (TPSA) is 87.7 Å². The number of carbonyl (C=O) groups excluding carboxylic acids is 3. The van der Waals surface area contributed by atoms with Gasteiger partial charge in [0.25, 0.3) is 0 Å². The van der Waals surface area contributed by atoms with E-state index in [0.717, 1.165) is 23.2 Å². The summed E-state index contributed by atoms with van der Waals surface area (Å²) >= 11 is 0. The van der Waals surface area contributed by atoms with Crippen molar-refractivity contribution >= 4 is 23.4 Å². The van der Waals surface area contributed by atoms with Crippen LogP contribution < -0.4 is 10.6 Å². The maximum atomic E-state index is 13.3. The summed E-state index contributed by atoms with van der Waals surface area (Å²) in [5.41, 5.74) is 1.42. The number of imide groups is 1. The van der Waals surface area contributed by atoms with Crippen LogP contribution in [0.25, 0.3) is 0 Å². The lowest BCUT2D eigenvalue weighted by Gasteiger charge is -2.29. The van der Waals surface area contributed by atoms with Crippen molar-refractivity contribution in [3.8, 4) is 0 Å². The van der Waals surface area contributed by atoms with Gasteiger partial charge in [0, 0.05) is 37.6 Å². The van der Waals surface area contributed by atoms with E-state index >= 15 is 0 Å². The Hall–Kier alpha value is -2.25. The molecule has 3 aliphatic heterocycles. The molecule has 1 aromatic rings. The third kappa shape index (κ3) is 2.31. The van der Waals surface area contributed by atoms with Crippen LogP contribution in [0.4, 0.5) is 5.69 Å². The Bertz CT molecular complexity index is 823. The summed E-state index contributed by atoms with van der Waals surface area (Å²) in [7, 11) is 1.59. The van der Waals surface area contributed by atoms with Crippen molar-refractivity contribution in [3.05, 3.63) is 29.3 Å². The summed E-state index contributed by atoms with van der Waals surface area (Å²) in [5, 5.41) is 6.31. The van der Waals surface area contributed by atoms with E-state index in [1.807, 2.05) is 32.0 Å². The highest BCUT2D eigenvalue weighted by Gasteiger charge is 2.69. The largest absolute Gasteiger partial charge is 0.385 e. The van der Waals surface area contributed by atoms with Gasteiger partial charge >= 0.3 is 0 Å². The number of methoxy groups -OCH3 is 1. The zero-order valence-corrected chi connectivity index (χ0v) is 15.9. The van der Waals surface area contributed by atoms with Gasteiger partial charge in [-0.05, 0) is 25.3 Å². The molecular formula is C20H25N3O4. The zero-order valence-electron chi connectivity index (χ0n) is 15.9. The second-order valence-corrected chi connectivity index (χ2v) is 7.57. The lowest BCUT2D eigenvalue weighted by Crippen LogP contribution is -2.53. The number of hydrogen-bond donors (Lipinski definition) is 2. The van der Waals surface area contributed by atoms with Crippen LogP contribution in [0.2, 0.25) is 0 Å². The number of para-hydroxylation sites is 1. The number of benzene rings is 1. The van der Waals surface area contributed by atoms with Crippen LogP contribution in [0.5, 0.6) is 0 Å². The molecule has 7 nitrogen and oxygen atoms in total. The van der Waals surface area contributed by atoms with Crippen molar-refractivity contribution in [1.29, 1.82) is 0 Å². The Morgan fingerprint density at radius 3 is 2.70 bits per heavy atom. The minimum absolute atomic E-state index is 0.189. The normalized spacial score (nSPS) is 31.6. The molecule has 4 rings (SSSR count). The molecule has 0 aromatic heterocycles. The van der Waals surface area contributed by atoms with Crippen molar-refractivity contribution in [2.24, 2.45) is 11.8 Å². The van der Waals surface area contributed by atoms with Crippen LogP contribution in [0.15, 0.2) is 18.2 Å². The number of amides is 3. The maximum Gasteiger partial charge on any atom is 0.250 e. The molecule has 3 heterocycles. The summed E-state index contributed by atoms with van der Waals surface area (Å²) in [5.74, 6) is -1.93. The van der Waals surface area contributed by atoms with Crippen molar-refractivity contribution < 1.29 is 19.1 Å². The second kappa shape index (κ2) is 6.42. The van der Waals surface area contributed by atoms with Gasteiger partial charge in [0.1, 0.15) is 5.54 Å². The Balaban J connectivity index is 1.77.